The summed E-state index contributed by atoms with van der Waals surface area (Å²) in [6.07, 6.45) is 2.92. The maximum absolute atomic E-state index is 5.40. The van der Waals surface area contributed by atoms with Gasteiger partial charge in [0.2, 0.25) is 0 Å². The molecule has 2 rings (SSSR count). The molecule has 0 radical (unpaired) electrons. The van der Waals surface area contributed by atoms with Crippen LogP contribution in [-0.2, 0) is 20.1 Å². The normalized spacial score (nSPS) is 10.7. The number of thiocarbonyl (C=S) groups is 1. The van der Waals surface area contributed by atoms with E-state index in [9.17, 15) is 0 Å². The van der Waals surface area contributed by atoms with Gasteiger partial charge in [0.1, 0.15) is 0 Å². The Morgan fingerprint density at radius 2 is 2.14 bits per heavy atom. The maximum Gasteiger partial charge on any atom is 0.169 e. The van der Waals surface area contributed by atoms with Gasteiger partial charge in [0.15, 0.2) is 5.11 Å². The molecule has 22 heavy (non-hydrogen) atoms. The summed E-state index contributed by atoms with van der Waals surface area (Å²) in [5.74, 6) is 0. The second kappa shape index (κ2) is 7.40. The van der Waals surface area contributed by atoms with E-state index in [0.717, 1.165) is 36.0 Å². The van der Waals surface area contributed by atoms with Crippen molar-refractivity contribution in [1.82, 2.24) is 29.8 Å². The van der Waals surface area contributed by atoms with Gasteiger partial charge < -0.3 is 10.2 Å². The third-order valence-electron chi connectivity index (χ3n) is 3.44. The Kier molecular flexibility index (Phi) is 5.54. The van der Waals surface area contributed by atoms with Crippen LogP contribution in [0.25, 0.3) is 0 Å². The lowest BCUT2D eigenvalue weighted by Crippen LogP contribution is -2.37. The predicted octanol–water partition coefficient (Wildman–Crippen LogP) is 1.63. The van der Waals surface area contributed by atoms with Crippen LogP contribution in [0.4, 0.5) is 0 Å². The molecular formula is C15H24N6S. The molecule has 0 fully saturated rings. The van der Waals surface area contributed by atoms with Crippen LogP contribution in [0.15, 0.2) is 18.3 Å². The number of hydrogen-bond donors (Lipinski definition) is 1. The van der Waals surface area contributed by atoms with Crippen molar-refractivity contribution < 1.29 is 0 Å². The van der Waals surface area contributed by atoms with Crippen LogP contribution >= 0.6 is 12.2 Å². The number of rotatable bonds is 6. The average Bonchev–Trinajstić information content (AvgIpc) is 3.00. The Morgan fingerprint density at radius 3 is 2.73 bits per heavy atom. The fraction of sp³-hybridized carbons (Fsp3) is 0.533. The van der Waals surface area contributed by atoms with E-state index in [4.69, 9.17) is 12.2 Å². The quantitative estimate of drug-likeness (QED) is 0.648. The summed E-state index contributed by atoms with van der Waals surface area (Å²) in [5.41, 5.74) is 3.28. The first kappa shape index (κ1) is 16.5. The highest BCUT2D eigenvalue weighted by atomic mass is 32.1. The monoisotopic (exact) mass is 320 g/mol. The van der Waals surface area contributed by atoms with E-state index in [1.165, 1.54) is 5.69 Å². The maximum atomic E-state index is 5.40. The second-order valence-corrected chi connectivity index (χ2v) is 5.96. The molecule has 0 aliphatic heterocycles. The molecule has 0 saturated heterocycles. The predicted molar refractivity (Wildman–Crippen MR) is 91.6 cm³/mol. The first-order valence-electron chi connectivity index (χ1n) is 7.44. The van der Waals surface area contributed by atoms with Gasteiger partial charge in [-0.15, -0.1) is 0 Å². The topological polar surface area (TPSA) is 50.9 Å². The molecule has 0 atom stereocenters. The van der Waals surface area contributed by atoms with Crippen molar-refractivity contribution in [3.05, 3.63) is 35.4 Å². The van der Waals surface area contributed by atoms with Crippen molar-refractivity contribution in [3.8, 4) is 0 Å². The molecule has 0 aliphatic carbocycles. The van der Waals surface area contributed by atoms with Gasteiger partial charge in [-0.3, -0.25) is 9.36 Å². The van der Waals surface area contributed by atoms with Gasteiger partial charge in [0, 0.05) is 39.1 Å². The van der Waals surface area contributed by atoms with Gasteiger partial charge in [-0.25, -0.2) is 0 Å². The number of nitrogens with one attached hydrogen (secondary N) is 1. The lowest BCUT2D eigenvalue weighted by molar-refractivity contribution is 0.472. The minimum absolute atomic E-state index is 0.712. The summed E-state index contributed by atoms with van der Waals surface area (Å²) >= 11 is 5.40. The van der Waals surface area contributed by atoms with Crippen molar-refractivity contribution in [2.45, 2.75) is 33.4 Å². The highest BCUT2D eigenvalue weighted by Gasteiger charge is 2.07. The zero-order chi connectivity index (χ0) is 16.1. The SMILES string of the molecule is Cc1cc(C)n(CCCNC(=S)N(C)Cc2ccn(C)n2)n1. The summed E-state index contributed by atoms with van der Waals surface area (Å²) in [6, 6.07) is 4.10. The molecule has 0 amide bonds. The molecule has 0 aliphatic rings. The Bertz CT molecular complexity index is 630. The highest BCUT2D eigenvalue weighted by Crippen LogP contribution is 2.03. The number of nitrogens with zero attached hydrogens (tertiary/aromatic N) is 5. The van der Waals surface area contributed by atoms with Gasteiger partial charge >= 0.3 is 0 Å². The van der Waals surface area contributed by atoms with E-state index in [1.54, 1.807) is 4.68 Å². The number of aromatic nitrogens is 4. The molecule has 1 N–H and O–H groups in total. The largest absolute Gasteiger partial charge is 0.362 e. The van der Waals surface area contributed by atoms with Crippen molar-refractivity contribution in [1.29, 1.82) is 0 Å². The smallest absolute Gasteiger partial charge is 0.169 e. The number of hydrogen-bond acceptors (Lipinski definition) is 3. The summed E-state index contributed by atoms with van der Waals surface area (Å²) in [6.45, 7) is 6.55. The van der Waals surface area contributed by atoms with Crippen molar-refractivity contribution in [2.24, 2.45) is 7.05 Å². The van der Waals surface area contributed by atoms with E-state index in [0.29, 0.717) is 6.54 Å². The summed E-state index contributed by atoms with van der Waals surface area (Å²) < 4.78 is 3.84. The molecule has 0 aromatic carbocycles. The van der Waals surface area contributed by atoms with Crippen LogP contribution in [-0.4, -0.2) is 43.2 Å². The molecule has 0 spiro atoms. The minimum Gasteiger partial charge on any atom is -0.362 e. The lowest BCUT2D eigenvalue weighted by atomic mass is 10.4. The molecule has 7 heteroatoms. The van der Waals surface area contributed by atoms with E-state index in [2.05, 4.69) is 28.5 Å². The standard InChI is InChI=1S/C15H24N6S/c1-12-10-13(2)21(17-12)8-5-7-16-15(22)19(3)11-14-6-9-20(4)18-14/h6,9-10H,5,7-8,11H2,1-4H3,(H,16,22). The molecule has 2 aromatic heterocycles. The zero-order valence-electron chi connectivity index (χ0n) is 13.7. The molecule has 0 unspecified atom stereocenters. The summed E-state index contributed by atoms with van der Waals surface area (Å²) in [7, 11) is 3.89. The molecule has 0 bridgehead atoms. The average molecular weight is 320 g/mol. The van der Waals surface area contributed by atoms with E-state index in [-0.39, 0.29) is 0 Å². The van der Waals surface area contributed by atoms with E-state index >= 15 is 0 Å². The first-order valence-corrected chi connectivity index (χ1v) is 7.85. The van der Waals surface area contributed by atoms with Crippen LogP contribution in [0.5, 0.6) is 0 Å². The van der Waals surface area contributed by atoms with E-state index in [1.807, 2.05) is 42.9 Å². The summed E-state index contributed by atoms with van der Waals surface area (Å²) in [4.78, 5) is 2.00. The van der Waals surface area contributed by atoms with Gasteiger partial charge in [-0.1, -0.05) is 0 Å². The minimum atomic E-state index is 0.712. The van der Waals surface area contributed by atoms with Gasteiger partial charge in [-0.2, -0.15) is 10.2 Å². The van der Waals surface area contributed by atoms with Crippen LogP contribution < -0.4 is 5.32 Å². The fourth-order valence-corrected chi connectivity index (χ4v) is 2.49. The molecule has 0 saturated carbocycles. The van der Waals surface area contributed by atoms with Gasteiger partial charge in [-0.05, 0) is 44.6 Å². The van der Waals surface area contributed by atoms with Crippen LogP contribution in [0.1, 0.15) is 23.5 Å². The fourth-order valence-electron chi connectivity index (χ4n) is 2.32. The molecule has 120 valence electrons. The van der Waals surface area contributed by atoms with Crippen molar-refractivity contribution in [3.63, 3.8) is 0 Å². The van der Waals surface area contributed by atoms with Crippen molar-refractivity contribution >= 4 is 17.3 Å². The lowest BCUT2D eigenvalue weighted by Gasteiger charge is -2.20. The Balaban J connectivity index is 1.70. The van der Waals surface area contributed by atoms with Gasteiger partial charge in [0.25, 0.3) is 0 Å². The Morgan fingerprint density at radius 1 is 1.36 bits per heavy atom. The molecular weight excluding hydrogens is 296 g/mol. The third-order valence-corrected chi connectivity index (χ3v) is 3.90. The van der Waals surface area contributed by atoms with Crippen molar-refractivity contribution in [2.75, 3.05) is 13.6 Å². The third kappa shape index (κ3) is 4.56. The highest BCUT2D eigenvalue weighted by molar-refractivity contribution is 7.80. The molecule has 2 heterocycles. The van der Waals surface area contributed by atoms with Gasteiger partial charge in [0.05, 0.1) is 17.9 Å². The first-order chi connectivity index (χ1) is 10.5. The number of aryl methyl sites for hydroxylation is 4. The second-order valence-electron chi connectivity index (χ2n) is 5.57. The Hall–Kier alpha value is -1.89. The molecule has 2 aromatic rings. The zero-order valence-corrected chi connectivity index (χ0v) is 14.5. The van der Waals surface area contributed by atoms with E-state index < -0.39 is 0 Å². The van der Waals surface area contributed by atoms with Crippen LogP contribution in [0, 0.1) is 13.8 Å². The van der Waals surface area contributed by atoms with Crippen LogP contribution in [0.2, 0.25) is 0 Å². The Labute approximate surface area is 137 Å². The van der Waals surface area contributed by atoms with Crippen LogP contribution in [0.3, 0.4) is 0 Å². The summed E-state index contributed by atoms with van der Waals surface area (Å²) in [5, 5.41) is 12.8. The molecule has 6 nitrogen and oxygen atoms in total.